The van der Waals surface area contributed by atoms with Gasteiger partial charge < -0.3 is 5.73 Å². The molecular weight excluding hydrogens is 233 g/mol. The zero-order valence-corrected chi connectivity index (χ0v) is 9.88. The zero-order valence-electron chi connectivity index (χ0n) is 9.88. The summed E-state index contributed by atoms with van der Waals surface area (Å²) in [5.74, 6) is 0.221. The molecule has 3 rings (SSSR count). The number of nitrogens with zero attached hydrogens (tertiary/aromatic N) is 4. The highest BCUT2D eigenvalue weighted by molar-refractivity contribution is 5.61. The van der Waals surface area contributed by atoms with Gasteiger partial charge in [0, 0.05) is 11.3 Å². The quantitative estimate of drug-likeness (QED) is 0.826. The summed E-state index contributed by atoms with van der Waals surface area (Å²) < 4.78 is 15.2. The lowest BCUT2D eigenvalue weighted by atomic mass is 10.1. The largest absolute Gasteiger partial charge is 0.399 e. The molecule has 0 unspecified atom stereocenters. The first-order chi connectivity index (χ1) is 8.74. The van der Waals surface area contributed by atoms with Crippen LogP contribution in [0.5, 0.6) is 0 Å². The van der Waals surface area contributed by atoms with Crippen LogP contribution in [0.1, 0.15) is 31.7 Å². The third-order valence-electron chi connectivity index (χ3n) is 3.34. The highest BCUT2D eigenvalue weighted by Crippen LogP contribution is 2.32. The van der Waals surface area contributed by atoms with Crippen LogP contribution in [0.15, 0.2) is 18.2 Å². The molecule has 94 valence electrons. The summed E-state index contributed by atoms with van der Waals surface area (Å²) in [5.41, 5.74) is 6.66. The Kier molecular flexibility index (Phi) is 2.70. The van der Waals surface area contributed by atoms with Crippen molar-refractivity contribution >= 4 is 5.69 Å². The van der Waals surface area contributed by atoms with Gasteiger partial charge in [0.05, 0.1) is 6.04 Å². The van der Waals surface area contributed by atoms with E-state index in [1.165, 1.54) is 25.0 Å². The molecule has 0 atom stereocenters. The summed E-state index contributed by atoms with van der Waals surface area (Å²) in [7, 11) is 0. The molecule has 2 aromatic rings. The van der Waals surface area contributed by atoms with Crippen molar-refractivity contribution in [2.45, 2.75) is 31.7 Å². The van der Waals surface area contributed by atoms with Crippen molar-refractivity contribution in [1.29, 1.82) is 0 Å². The summed E-state index contributed by atoms with van der Waals surface area (Å²) in [6.45, 7) is 0. The minimum Gasteiger partial charge on any atom is -0.399 e. The fourth-order valence-electron chi connectivity index (χ4n) is 2.52. The van der Waals surface area contributed by atoms with Gasteiger partial charge in [-0.3, -0.25) is 0 Å². The maximum absolute atomic E-state index is 13.4. The average molecular weight is 247 g/mol. The fourth-order valence-corrected chi connectivity index (χ4v) is 2.52. The first-order valence-corrected chi connectivity index (χ1v) is 6.08. The van der Waals surface area contributed by atoms with E-state index in [4.69, 9.17) is 5.73 Å². The molecule has 0 amide bonds. The van der Waals surface area contributed by atoms with E-state index >= 15 is 0 Å². The van der Waals surface area contributed by atoms with Gasteiger partial charge in [-0.25, -0.2) is 9.07 Å². The molecule has 1 fully saturated rings. The zero-order chi connectivity index (χ0) is 12.5. The lowest BCUT2D eigenvalue weighted by Gasteiger charge is -2.11. The van der Waals surface area contributed by atoms with Crippen LogP contribution in [-0.4, -0.2) is 20.2 Å². The molecule has 2 N–H and O–H groups in total. The first kappa shape index (κ1) is 11.1. The number of nitrogens with two attached hydrogens (primary N) is 1. The van der Waals surface area contributed by atoms with Crippen LogP contribution in [0.25, 0.3) is 11.4 Å². The van der Waals surface area contributed by atoms with Crippen LogP contribution < -0.4 is 5.73 Å². The third-order valence-corrected chi connectivity index (χ3v) is 3.34. The van der Waals surface area contributed by atoms with E-state index < -0.39 is 0 Å². The van der Waals surface area contributed by atoms with E-state index in [-0.39, 0.29) is 5.82 Å². The summed E-state index contributed by atoms with van der Waals surface area (Å²) in [6, 6.07) is 4.71. The lowest BCUT2D eigenvalue weighted by Crippen LogP contribution is -2.09. The molecule has 1 aromatic heterocycles. The molecule has 1 aliphatic carbocycles. The number of benzene rings is 1. The Morgan fingerprint density at radius 2 is 2.00 bits per heavy atom. The number of hydrogen-bond acceptors (Lipinski definition) is 4. The smallest absolute Gasteiger partial charge is 0.182 e. The highest BCUT2D eigenvalue weighted by Gasteiger charge is 2.22. The third kappa shape index (κ3) is 1.94. The van der Waals surface area contributed by atoms with Crippen molar-refractivity contribution in [2.75, 3.05) is 5.73 Å². The Hall–Kier alpha value is -1.98. The SMILES string of the molecule is Nc1cc(F)cc(-c2nnnn2C2CCCC2)c1. The Morgan fingerprint density at radius 3 is 2.72 bits per heavy atom. The van der Waals surface area contributed by atoms with Gasteiger partial charge in [-0.2, -0.15) is 0 Å². The van der Waals surface area contributed by atoms with Gasteiger partial charge in [-0.05, 0) is 41.5 Å². The summed E-state index contributed by atoms with van der Waals surface area (Å²) >= 11 is 0. The van der Waals surface area contributed by atoms with E-state index in [0.717, 1.165) is 12.8 Å². The molecule has 0 saturated heterocycles. The summed E-state index contributed by atoms with van der Waals surface area (Å²) in [6.07, 6.45) is 4.52. The Balaban J connectivity index is 2.03. The first-order valence-electron chi connectivity index (χ1n) is 6.08. The van der Waals surface area contributed by atoms with Crippen LogP contribution >= 0.6 is 0 Å². The molecular formula is C12H14FN5. The topological polar surface area (TPSA) is 69.6 Å². The number of anilines is 1. The lowest BCUT2D eigenvalue weighted by molar-refractivity contribution is 0.458. The van der Waals surface area contributed by atoms with Crippen molar-refractivity contribution in [1.82, 2.24) is 20.2 Å². The predicted molar refractivity (Wildman–Crippen MR) is 65.1 cm³/mol. The van der Waals surface area contributed by atoms with Crippen LogP contribution in [0.3, 0.4) is 0 Å². The Labute approximate surface area is 104 Å². The maximum Gasteiger partial charge on any atom is 0.182 e. The predicted octanol–water partition coefficient (Wildman–Crippen LogP) is 2.18. The van der Waals surface area contributed by atoms with Crippen LogP contribution in [0, 0.1) is 5.82 Å². The van der Waals surface area contributed by atoms with E-state index in [9.17, 15) is 4.39 Å². The molecule has 1 aliphatic rings. The van der Waals surface area contributed by atoms with Gasteiger partial charge in [0.2, 0.25) is 0 Å². The molecule has 0 aliphatic heterocycles. The maximum atomic E-state index is 13.4. The minimum atomic E-state index is -0.369. The van der Waals surface area contributed by atoms with Crippen molar-refractivity contribution in [3.8, 4) is 11.4 Å². The van der Waals surface area contributed by atoms with Crippen molar-refractivity contribution in [3.05, 3.63) is 24.0 Å². The molecule has 1 saturated carbocycles. The molecule has 1 aromatic carbocycles. The molecule has 1 heterocycles. The van der Waals surface area contributed by atoms with E-state index in [1.54, 1.807) is 10.7 Å². The van der Waals surface area contributed by atoms with Crippen molar-refractivity contribution in [2.24, 2.45) is 0 Å². The van der Waals surface area contributed by atoms with Gasteiger partial charge in [0.25, 0.3) is 0 Å². The van der Waals surface area contributed by atoms with E-state index in [2.05, 4.69) is 15.5 Å². The van der Waals surface area contributed by atoms with Gasteiger partial charge in [0.1, 0.15) is 5.82 Å². The number of rotatable bonds is 2. The average Bonchev–Trinajstić information content (AvgIpc) is 2.98. The van der Waals surface area contributed by atoms with Crippen LogP contribution in [-0.2, 0) is 0 Å². The molecule has 0 radical (unpaired) electrons. The number of hydrogen-bond donors (Lipinski definition) is 1. The molecule has 6 heteroatoms. The standard InChI is InChI=1S/C12H14FN5/c13-9-5-8(6-10(14)7-9)12-15-16-17-18(12)11-3-1-2-4-11/h5-7,11H,1-4,14H2. The number of tetrazole rings is 1. The highest BCUT2D eigenvalue weighted by atomic mass is 19.1. The molecule has 18 heavy (non-hydrogen) atoms. The van der Waals surface area contributed by atoms with Gasteiger partial charge >= 0.3 is 0 Å². The van der Waals surface area contributed by atoms with Crippen molar-refractivity contribution < 1.29 is 4.39 Å². The minimum absolute atomic E-state index is 0.319. The normalized spacial score (nSPS) is 16.3. The summed E-state index contributed by atoms with van der Waals surface area (Å²) in [5, 5.41) is 11.7. The van der Waals surface area contributed by atoms with Crippen LogP contribution in [0.4, 0.5) is 10.1 Å². The fraction of sp³-hybridized carbons (Fsp3) is 0.417. The van der Waals surface area contributed by atoms with E-state index in [1.807, 2.05) is 0 Å². The second-order valence-corrected chi connectivity index (χ2v) is 4.66. The second-order valence-electron chi connectivity index (χ2n) is 4.66. The second kappa shape index (κ2) is 4.36. The molecule has 5 nitrogen and oxygen atoms in total. The number of halogens is 1. The Bertz CT molecular complexity index is 539. The van der Waals surface area contributed by atoms with Gasteiger partial charge in [-0.1, -0.05) is 12.8 Å². The number of nitrogen functional groups attached to an aromatic ring is 1. The molecule has 0 bridgehead atoms. The summed E-state index contributed by atoms with van der Waals surface area (Å²) in [4.78, 5) is 0. The molecule has 0 spiro atoms. The number of aromatic nitrogens is 4. The van der Waals surface area contributed by atoms with E-state index in [0.29, 0.717) is 23.1 Å². The van der Waals surface area contributed by atoms with Gasteiger partial charge in [-0.15, -0.1) is 5.10 Å². The van der Waals surface area contributed by atoms with Gasteiger partial charge in [0.15, 0.2) is 5.82 Å². The van der Waals surface area contributed by atoms with Crippen LogP contribution in [0.2, 0.25) is 0 Å². The Morgan fingerprint density at radius 1 is 1.22 bits per heavy atom. The van der Waals surface area contributed by atoms with Crippen molar-refractivity contribution in [3.63, 3.8) is 0 Å². The monoisotopic (exact) mass is 247 g/mol.